The van der Waals surface area contributed by atoms with Crippen LogP contribution in [0, 0.1) is 0 Å². The molecule has 0 unspecified atom stereocenters. The van der Waals surface area contributed by atoms with Crippen LogP contribution in [0.25, 0.3) is 0 Å². The van der Waals surface area contributed by atoms with E-state index < -0.39 is 0 Å². The quantitative estimate of drug-likeness (QED) is 0.943. The second-order valence-electron chi connectivity index (χ2n) is 3.89. The van der Waals surface area contributed by atoms with Crippen molar-refractivity contribution in [2.45, 2.75) is 6.54 Å². The monoisotopic (exact) mass is 312 g/mol. The molecule has 0 radical (unpaired) electrons. The summed E-state index contributed by atoms with van der Waals surface area (Å²) in [5.74, 6) is 0.472. The summed E-state index contributed by atoms with van der Waals surface area (Å²) >= 11 is 6.02. The summed E-state index contributed by atoms with van der Waals surface area (Å²) in [6, 6.07) is 8.73. The Labute approximate surface area is 128 Å². The van der Waals surface area contributed by atoms with Gasteiger partial charge in [0.2, 0.25) is 0 Å². The van der Waals surface area contributed by atoms with Crippen LogP contribution in [0.2, 0.25) is 5.02 Å². The van der Waals surface area contributed by atoms with Gasteiger partial charge in [-0.1, -0.05) is 17.7 Å². The molecule has 0 bridgehead atoms. The van der Waals surface area contributed by atoms with E-state index in [0.29, 0.717) is 22.9 Å². The van der Waals surface area contributed by atoms with Crippen molar-refractivity contribution in [3.8, 4) is 5.75 Å². The lowest BCUT2D eigenvalue weighted by molar-refractivity contribution is 0.0951. The Hall–Kier alpha value is -1.78. The maximum atomic E-state index is 11.8. The van der Waals surface area contributed by atoms with E-state index in [9.17, 15) is 4.79 Å². The molecule has 0 aliphatic heterocycles. The summed E-state index contributed by atoms with van der Waals surface area (Å²) in [4.78, 5) is 15.7. The molecule has 1 aromatic heterocycles. The van der Waals surface area contributed by atoms with Gasteiger partial charge in [0, 0.05) is 24.5 Å². The maximum absolute atomic E-state index is 11.8. The van der Waals surface area contributed by atoms with E-state index in [0.717, 1.165) is 5.56 Å². The van der Waals surface area contributed by atoms with Crippen LogP contribution in [0.5, 0.6) is 5.75 Å². The summed E-state index contributed by atoms with van der Waals surface area (Å²) in [7, 11) is 1.56. The SMILES string of the molecule is COc1ccc(CNC(=O)c2ccncc2)cc1Cl.Cl. The number of rotatable bonds is 4. The van der Waals surface area contributed by atoms with E-state index in [2.05, 4.69) is 10.3 Å². The number of benzene rings is 1. The first-order valence-corrected chi connectivity index (χ1v) is 6.09. The predicted molar refractivity (Wildman–Crippen MR) is 80.7 cm³/mol. The van der Waals surface area contributed by atoms with Crippen LogP contribution < -0.4 is 10.1 Å². The van der Waals surface area contributed by atoms with Gasteiger partial charge in [-0.25, -0.2) is 0 Å². The van der Waals surface area contributed by atoms with E-state index in [1.165, 1.54) is 0 Å². The minimum atomic E-state index is -0.144. The molecule has 106 valence electrons. The Bertz CT molecular complexity index is 577. The second-order valence-corrected chi connectivity index (χ2v) is 4.29. The van der Waals surface area contributed by atoms with Crippen molar-refractivity contribution in [1.82, 2.24) is 10.3 Å². The lowest BCUT2D eigenvalue weighted by Crippen LogP contribution is -2.22. The molecule has 0 saturated heterocycles. The predicted octanol–water partition coefficient (Wildman–Crippen LogP) is 3.10. The van der Waals surface area contributed by atoms with Crippen LogP contribution in [0.15, 0.2) is 42.7 Å². The highest BCUT2D eigenvalue weighted by Crippen LogP contribution is 2.24. The third kappa shape index (κ3) is 4.11. The Kier molecular flexibility index (Phi) is 6.28. The summed E-state index contributed by atoms with van der Waals surface area (Å²) in [6.07, 6.45) is 3.17. The van der Waals surface area contributed by atoms with Gasteiger partial charge >= 0.3 is 0 Å². The summed E-state index contributed by atoms with van der Waals surface area (Å²) in [5.41, 5.74) is 1.49. The summed E-state index contributed by atoms with van der Waals surface area (Å²) in [6.45, 7) is 0.408. The standard InChI is InChI=1S/C14H13ClN2O2.ClH/c1-19-13-3-2-10(8-12(13)15)9-17-14(18)11-4-6-16-7-5-11;/h2-8H,9H2,1H3,(H,17,18);1H. The van der Waals surface area contributed by atoms with Crippen LogP contribution >= 0.6 is 24.0 Å². The first-order valence-electron chi connectivity index (χ1n) is 5.71. The zero-order chi connectivity index (χ0) is 13.7. The number of halogens is 2. The van der Waals surface area contributed by atoms with E-state index in [4.69, 9.17) is 16.3 Å². The molecule has 2 rings (SSSR count). The van der Waals surface area contributed by atoms with E-state index >= 15 is 0 Å². The fourth-order valence-corrected chi connectivity index (χ4v) is 1.89. The number of carbonyl (C=O) groups excluding carboxylic acids is 1. The molecule has 0 saturated carbocycles. The number of amides is 1. The van der Waals surface area contributed by atoms with Crippen LogP contribution in [0.3, 0.4) is 0 Å². The van der Waals surface area contributed by atoms with Crippen molar-refractivity contribution in [1.29, 1.82) is 0 Å². The van der Waals surface area contributed by atoms with Gasteiger partial charge in [-0.05, 0) is 29.8 Å². The van der Waals surface area contributed by atoms with Crippen LogP contribution in [-0.4, -0.2) is 18.0 Å². The highest BCUT2D eigenvalue weighted by Gasteiger charge is 2.06. The van der Waals surface area contributed by atoms with Crippen LogP contribution in [0.1, 0.15) is 15.9 Å². The largest absolute Gasteiger partial charge is 0.495 e. The van der Waals surface area contributed by atoms with Gasteiger partial charge in [0.15, 0.2) is 0 Å². The molecule has 1 heterocycles. The number of ether oxygens (including phenoxy) is 1. The molecule has 20 heavy (non-hydrogen) atoms. The van der Waals surface area contributed by atoms with Gasteiger partial charge in [0.05, 0.1) is 12.1 Å². The number of pyridine rings is 1. The Morgan fingerprint density at radius 1 is 1.30 bits per heavy atom. The second kappa shape index (κ2) is 7.72. The van der Waals surface area contributed by atoms with Crippen molar-refractivity contribution >= 4 is 29.9 Å². The Balaban J connectivity index is 0.00000200. The van der Waals surface area contributed by atoms with Crippen LogP contribution in [-0.2, 0) is 6.54 Å². The number of nitrogens with zero attached hydrogens (tertiary/aromatic N) is 1. The molecule has 0 spiro atoms. The average Bonchev–Trinajstić information content (AvgIpc) is 2.46. The van der Waals surface area contributed by atoms with Gasteiger partial charge in [0.1, 0.15) is 5.75 Å². The van der Waals surface area contributed by atoms with Gasteiger partial charge < -0.3 is 10.1 Å². The molecular weight excluding hydrogens is 299 g/mol. The fourth-order valence-electron chi connectivity index (χ4n) is 1.61. The van der Waals surface area contributed by atoms with Gasteiger partial charge in [-0.15, -0.1) is 12.4 Å². The van der Waals surface area contributed by atoms with E-state index in [1.54, 1.807) is 43.8 Å². The number of hydrogen-bond acceptors (Lipinski definition) is 3. The molecule has 1 amide bonds. The van der Waals surface area contributed by atoms with E-state index in [-0.39, 0.29) is 18.3 Å². The maximum Gasteiger partial charge on any atom is 0.251 e. The smallest absolute Gasteiger partial charge is 0.251 e. The number of methoxy groups -OCH3 is 1. The Morgan fingerprint density at radius 2 is 2.00 bits per heavy atom. The fraction of sp³-hybridized carbons (Fsp3) is 0.143. The normalized spacial score (nSPS) is 9.50. The van der Waals surface area contributed by atoms with Gasteiger partial charge in [-0.2, -0.15) is 0 Å². The minimum Gasteiger partial charge on any atom is -0.495 e. The minimum absolute atomic E-state index is 0. The molecule has 2 aromatic rings. The Morgan fingerprint density at radius 3 is 2.60 bits per heavy atom. The molecule has 0 aliphatic rings. The third-order valence-corrected chi connectivity index (χ3v) is 2.91. The van der Waals surface area contributed by atoms with Crippen molar-refractivity contribution < 1.29 is 9.53 Å². The highest BCUT2D eigenvalue weighted by molar-refractivity contribution is 6.32. The van der Waals surface area contributed by atoms with Crippen LogP contribution in [0.4, 0.5) is 0 Å². The molecule has 4 nitrogen and oxygen atoms in total. The number of aromatic nitrogens is 1. The molecule has 1 N–H and O–H groups in total. The third-order valence-electron chi connectivity index (χ3n) is 2.61. The molecular formula is C14H14Cl2N2O2. The first kappa shape index (κ1) is 16.3. The average molecular weight is 313 g/mol. The van der Waals surface area contributed by atoms with Crippen molar-refractivity contribution in [3.05, 3.63) is 58.9 Å². The number of hydrogen-bond donors (Lipinski definition) is 1. The highest BCUT2D eigenvalue weighted by atomic mass is 35.5. The zero-order valence-corrected chi connectivity index (χ0v) is 12.4. The first-order chi connectivity index (χ1) is 9.20. The molecule has 6 heteroatoms. The molecule has 1 aromatic carbocycles. The van der Waals surface area contributed by atoms with Crippen molar-refractivity contribution in [2.24, 2.45) is 0 Å². The van der Waals surface area contributed by atoms with E-state index in [1.807, 2.05) is 6.07 Å². The number of carbonyl (C=O) groups is 1. The lowest BCUT2D eigenvalue weighted by atomic mass is 10.2. The topological polar surface area (TPSA) is 51.2 Å². The summed E-state index contributed by atoms with van der Waals surface area (Å²) < 4.78 is 5.07. The van der Waals surface area contributed by atoms with Gasteiger partial charge in [0.25, 0.3) is 5.91 Å². The van der Waals surface area contributed by atoms with Crippen molar-refractivity contribution in [3.63, 3.8) is 0 Å². The number of nitrogens with one attached hydrogen (secondary N) is 1. The lowest BCUT2D eigenvalue weighted by Gasteiger charge is -2.07. The van der Waals surface area contributed by atoms with Gasteiger partial charge in [-0.3, -0.25) is 9.78 Å². The zero-order valence-electron chi connectivity index (χ0n) is 10.8. The summed E-state index contributed by atoms with van der Waals surface area (Å²) in [5, 5.41) is 3.34. The van der Waals surface area contributed by atoms with Crippen molar-refractivity contribution in [2.75, 3.05) is 7.11 Å². The molecule has 0 atom stereocenters. The molecule has 0 aliphatic carbocycles. The molecule has 0 fully saturated rings.